The van der Waals surface area contributed by atoms with Crippen molar-refractivity contribution >= 4 is 11.6 Å². The van der Waals surface area contributed by atoms with E-state index in [-0.39, 0.29) is 0 Å². The predicted molar refractivity (Wildman–Crippen MR) is 69.2 cm³/mol. The maximum atomic E-state index is 5.12. The zero-order valence-corrected chi connectivity index (χ0v) is 11.1. The molecule has 0 fully saturated rings. The molecule has 0 bridgehead atoms. The van der Waals surface area contributed by atoms with Crippen molar-refractivity contribution in [1.29, 1.82) is 0 Å². The second-order valence-corrected chi connectivity index (χ2v) is 4.02. The first kappa shape index (κ1) is 12.3. The summed E-state index contributed by atoms with van der Waals surface area (Å²) in [4.78, 5) is 8.57. The van der Waals surface area contributed by atoms with Gasteiger partial charge in [0.15, 0.2) is 0 Å². The first-order valence-electron chi connectivity index (χ1n) is 5.81. The monoisotopic (exact) mass is 247 g/mol. The van der Waals surface area contributed by atoms with Crippen LogP contribution >= 0.6 is 0 Å². The quantitative estimate of drug-likeness (QED) is 0.893. The van der Waals surface area contributed by atoms with Crippen LogP contribution in [0.1, 0.15) is 18.3 Å². The van der Waals surface area contributed by atoms with Crippen LogP contribution in [0.2, 0.25) is 0 Å². The summed E-state index contributed by atoms with van der Waals surface area (Å²) in [6.07, 6.45) is 2.77. The van der Waals surface area contributed by atoms with Gasteiger partial charge in [-0.1, -0.05) is 6.92 Å². The van der Waals surface area contributed by atoms with Crippen molar-refractivity contribution in [2.75, 3.05) is 12.4 Å². The summed E-state index contributed by atoms with van der Waals surface area (Å²) in [5.74, 6) is 1.07. The summed E-state index contributed by atoms with van der Waals surface area (Å²) < 4.78 is 6.90. The molecular weight excluding hydrogens is 230 g/mol. The van der Waals surface area contributed by atoms with Gasteiger partial charge in [0.25, 0.3) is 0 Å². The minimum Gasteiger partial charge on any atom is -0.481 e. The summed E-state index contributed by atoms with van der Waals surface area (Å²) in [6, 6.07) is 1.79. The first-order chi connectivity index (χ1) is 8.62. The average Bonchev–Trinajstić information content (AvgIpc) is 2.68. The summed E-state index contributed by atoms with van der Waals surface area (Å²) in [5, 5.41) is 7.53. The van der Waals surface area contributed by atoms with E-state index in [9.17, 15) is 0 Å². The van der Waals surface area contributed by atoms with Crippen molar-refractivity contribution < 1.29 is 4.74 Å². The molecule has 0 aromatic carbocycles. The smallest absolute Gasteiger partial charge is 0.230 e. The molecule has 96 valence electrons. The number of hydrogen-bond donors (Lipinski definition) is 1. The van der Waals surface area contributed by atoms with Gasteiger partial charge in [-0.2, -0.15) is 10.1 Å². The molecule has 2 aromatic rings. The molecule has 0 atom stereocenters. The van der Waals surface area contributed by atoms with Crippen LogP contribution in [0.5, 0.6) is 5.88 Å². The fourth-order valence-corrected chi connectivity index (χ4v) is 1.72. The van der Waals surface area contributed by atoms with Crippen LogP contribution in [0.25, 0.3) is 0 Å². The van der Waals surface area contributed by atoms with E-state index in [1.54, 1.807) is 17.9 Å². The molecule has 2 rings (SSSR count). The highest BCUT2D eigenvalue weighted by Crippen LogP contribution is 2.19. The van der Waals surface area contributed by atoms with Crippen LogP contribution in [0.15, 0.2) is 12.3 Å². The number of nitrogens with one attached hydrogen (secondary N) is 1. The van der Waals surface area contributed by atoms with Crippen molar-refractivity contribution in [2.24, 2.45) is 7.05 Å². The van der Waals surface area contributed by atoms with Gasteiger partial charge in [0.2, 0.25) is 11.8 Å². The molecule has 0 unspecified atom stereocenters. The Hall–Kier alpha value is -2.11. The summed E-state index contributed by atoms with van der Waals surface area (Å²) >= 11 is 0. The first-order valence-corrected chi connectivity index (χ1v) is 5.81. The molecular formula is C12H17N5O. The summed E-state index contributed by atoms with van der Waals surface area (Å²) in [7, 11) is 3.48. The van der Waals surface area contributed by atoms with Gasteiger partial charge in [0.05, 0.1) is 18.5 Å². The molecule has 0 aliphatic heterocycles. The number of nitrogens with zero attached hydrogens (tertiary/aromatic N) is 4. The van der Waals surface area contributed by atoms with Crippen LogP contribution in [0.3, 0.4) is 0 Å². The van der Waals surface area contributed by atoms with Gasteiger partial charge in [-0.25, -0.2) is 4.98 Å². The maximum Gasteiger partial charge on any atom is 0.230 e. The lowest BCUT2D eigenvalue weighted by Crippen LogP contribution is -2.01. The highest BCUT2D eigenvalue weighted by molar-refractivity contribution is 5.55. The molecule has 18 heavy (non-hydrogen) atoms. The Morgan fingerprint density at radius 2 is 2.17 bits per heavy atom. The Bertz CT molecular complexity index is 549. The van der Waals surface area contributed by atoms with Crippen LogP contribution in [-0.4, -0.2) is 26.9 Å². The van der Waals surface area contributed by atoms with E-state index in [1.807, 2.05) is 20.2 Å². The van der Waals surface area contributed by atoms with Crippen molar-refractivity contribution in [3.63, 3.8) is 0 Å². The number of aromatic nitrogens is 4. The second-order valence-electron chi connectivity index (χ2n) is 4.02. The van der Waals surface area contributed by atoms with Gasteiger partial charge < -0.3 is 10.1 Å². The molecule has 0 amide bonds. The van der Waals surface area contributed by atoms with Crippen molar-refractivity contribution in [3.05, 3.63) is 23.7 Å². The third kappa shape index (κ3) is 2.58. The van der Waals surface area contributed by atoms with Gasteiger partial charge in [0.1, 0.15) is 0 Å². The lowest BCUT2D eigenvalue weighted by molar-refractivity contribution is 0.397. The van der Waals surface area contributed by atoms with Crippen molar-refractivity contribution in [3.8, 4) is 5.88 Å². The zero-order chi connectivity index (χ0) is 13.1. The van der Waals surface area contributed by atoms with Crippen molar-refractivity contribution in [2.45, 2.75) is 20.3 Å². The normalized spacial score (nSPS) is 10.4. The van der Waals surface area contributed by atoms with E-state index in [1.165, 1.54) is 0 Å². The lowest BCUT2D eigenvalue weighted by Gasteiger charge is -2.06. The molecule has 2 heterocycles. The Kier molecular flexibility index (Phi) is 3.45. The fourth-order valence-electron chi connectivity index (χ4n) is 1.72. The molecule has 0 aliphatic carbocycles. The van der Waals surface area contributed by atoms with Crippen LogP contribution in [0.4, 0.5) is 11.6 Å². The van der Waals surface area contributed by atoms with Crippen LogP contribution < -0.4 is 10.1 Å². The van der Waals surface area contributed by atoms with E-state index in [4.69, 9.17) is 4.74 Å². The number of aryl methyl sites for hydroxylation is 3. The molecule has 0 saturated heterocycles. The number of rotatable bonds is 4. The molecule has 0 radical (unpaired) electrons. The van der Waals surface area contributed by atoms with E-state index in [2.05, 4.69) is 27.3 Å². The van der Waals surface area contributed by atoms with Gasteiger partial charge in [-0.15, -0.1) is 0 Å². The van der Waals surface area contributed by atoms with Gasteiger partial charge in [-0.05, 0) is 13.3 Å². The van der Waals surface area contributed by atoms with E-state index < -0.39 is 0 Å². The van der Waals surface area contributed by atoms with Crippen molar-refractivity contribution in [1.82, 2.24) is 19.7 Å². The largest absolute Gasteiger partial charge is 0.481 e. The van der Waals surface area contributed by atoms with E-state index >= 15 is 0 Å². The van der Waals surface area contributed by atoms with Gasteiger partial charge in [0, 0.05) is 25.0 Å². The molecule has 6 nitrogen and oxygen atoms in total. The Morgan fingerprint density at radius 3 is 2.83 bits per heavy atom. The Morgan fingerprint density at radius 1 is 1.39 bits per heavy atom. The van der Waals surface area contributed by atoms with Crippen LogP contribution in [0, 0.1) is 6.92 Å². The minimum absolute atomic E-state index is 0.523. The third-order valence-electron chi connectivity index (χ3n) is 2.53. The molecule has 0 spiro atoms. The number of hydrogen-bond acceptors (Lipinski definition) is 5. The lowest BCUT2D eigenvalue weighted by atomic mass is 10.3. The predicted octanol–water partition coefficient (Wildman–Crippen LogP) is 1.83. The Balaban J connectivity index is 2.30. The molecule has 1 N–H and O–H groups in total. The Labute approximate surface area is 106 Å². The van der Waals surface area contributed by atoms with E-state index in [0.29, 0.717) is 11.8 Å². The number of ether oxygens (including phenoxy) is 1. The van der Waals surface area contributed by atoms with Gasteiger partial charge >= 0.3 is 0 Å². The van der Waals surface area contributed by atoms with E-state index in [0.717, 1.165) is 23.5 Å². The topological polar surface area (TPSA) is 64.9 Å². The average molecular weight is 247 g/mol. The number of anilines is 2. The standard InChI is InChI=1S/C12H17N5O/c1-5-9-10(7-17(3)16-9)14-12-13-8(2)6-11(15-12)18-4/h6-7H,5H2,1-4H3,(H,13,14,15). The molecule has 6 heteroatoms. The number of methoxy groups -OCH3 is 1. The van der Waals surface area contributed by atoms with Crippen LogP contribution in [-0.2, 0) is 13.5 Å². The highest BCUT2D eigenvalue weighted by atomic mass is 16.5. The summed E-state index contributed by atoms with van der Waals surface area (Å²) in [6.45, 7) is 3.96. The molecule has 0 saturated carbocycles. The minimum atomic E-state index is 0.523. The third-order valence-corrected chi connectivity index (χ3v) is 2.53. The maximum absolute atomic E-state index is 5.12. The molecule has 0 aliphatic rings. The zero-order valence-electron chi connectivity index (χ0n) is 11.1. The fraction of sp³-hybridized carbons (Fsp3) is 0.417. The summed E-state index contributed by atoms with van der Waals surface area (Å²) in [5.41, 5.74) is 2.76. The van der Waals surface area contributed by atoms with Gasteiger partial charge in [-0.3, -0.25) is 4.68 Å². The molecule has 2 aromatic heterocycles. The SMILES string of the molecule is CCc1nn(C)cc1Nc1nc(C)cc(OC)n1. The second kappa shape index (κ2) is 5.03. The highest BCUT2D eigenvalue weighted by Gasteiger charge is 2.08.